The van der Waals surface area contributed by atoms with Gasteiger partial charge in [-0.25, -0.2) is 0 Å². The molecule has 0 aliphatic carbocycles. The number of rotatable bonds is 2. The van der Waals surface area contributed by atoms with Gasteiger partial charge in [-0.15, -0.1) is 0 Å². The van der Waals surface area contributed by atoms with Gasteiger partial charge in [0, 0.05) is 13.0 Å². The maximum Gasteiger partial charge on any atom is 0.157 e. The molecular formula is C7H14O2. The molecule has 1 saturated heterocycles. The van der Waals surface area contributed by atoms with Gasteiger partial charge in [-0.3, -0.25) is 0 Å². The lowest BCUT2D eigenvalue weighted by atomic mass is 10.1. The van der Waals surface area contributed by atoms with E-state index in [1.165, 1.54) is 0 Å². The molecule has 0 amide bonds. The molecule has 1 heterocycles. The van der Waals surface area contributed by atoms with E-state index in [9.17, 15) is 0 Å². The third-order valence-corrected chi connectivity index (χ3v) is 1.51. The molecule has 1 aliphatic heterocycles. The molecule has 2 unspecified atom stereocenters. The van der Waals surface area contributed by atoms with Crippen molar-refractivity contribution in [3.8, 4) is 0 Å². The van der Waals surface area contributed by atoms with Crippen LogP contribution < -0.4 is 0 Å². The van der Waals surface area contributed by atoms with E-state index in [0.717, 1.165) is 19.6 Å². The van der Waals surface area contributed by atoms with E-state index < -0.39 is 0 Å². The summed E-state index contributed by atoms with van der Waals surface area (Å²) in [5, 5.41) is 0. The van der Waals surface area contributed by atoms with Gasteiger partial charge in [0.2, 0.25) is 0 Å². The van der Waals surface area contributed by atoms with Crippen LogP contribution in [-0.4, -0.2) is 19.5 Å². The highest BCUT2D eigenvalue weighted by atomic mass is 16.7. The average Bonchev–Trinajstić information content (AvgIpc) is 2.17. The Labute approximate surface area is 56.2 Å². The second-order valence-electron chi connectivity index (χ2n) is 2.56. The van der Waals surface area contributed by atoms with E-state index in [0.29, 0.717) is 5.92 Å². The van der Waals surface area contributed by atoms with Gasteiger partial charge in [0.25, 0.3) is 0 Å². The van der Waals surface area contributed by atoms with Gasteiger partial charge in [-0.2, -0.15) is 0 Å². The van der Waals surface area contributed by atoms with Gasteiger partial charge in [-0.1, -0.05) is 6.92 Å². The molecule has 1 fully saturated rings. The number of hydrogen-bond acceptors (Lipinski definition) is 2. The molecule has 1 aliphatic rings. The Kier molecular flexibility index (Phi) is 2.49. The van der Waals surface area contributed by atoms with Crippen molar-refractivity contribution < 1.29 is 9.47 Å². The van der Waals surface area contributed by atoms with Crippen LogP contribution >= 0.6 is 0 Å². The number of ether oxygens (including phenoxy) is 2. The zero-order valence-electron chi connectivity index (χ0n) is 6.09. The standard InChI is InChI=1S/C7H14O2/c1-3-8-7-4-6(2)5-9-7/h6-7H,3-5H2,1-2H3. The van der Waals surface area contributed by atoms with Crippen LogP contribution in [0, 0.1) is 5.92 Å². The topological polar surface area (TPSA) is 18.5 Å². The fourth-order valence-corrected chi connectivity index (χ4v) is 1.04. The lowest BCUT2D eigenvalue weighted by Gasteiger charge is -2.07. The van der Waals surface area contributed by atoms with Gasteiger partial charge in [0.15, 0.2) is 6.29 Å². The molecular weight excluding hydrogens is 116 g/mol. The minimum absolute atomic E-state index is 0.0880. The van der Waals surface area contributed by atoms with Crippen molar-refractivity contribution in [1.29, 1.82) is 0 Å². The zero-order valence-corrected chi connectivity index (χ0v) is 6.09. The molecule has 2 nitrogen and oxygen atoms in total. The molecule has 9 heavy (non-hydrogen) atoms. The van der Waals surface area contributed by atoms with Gasteiger partial charge >= 0.3 is 0 Å². The summed E-state index contributed by atoms with van der Waals surface area (Å²) in [6.07, 6.45) is 1.15. The molecule has 0 saturated carbocycles. The van der Waals surface area contributed by atoms with E-state index >= 15 is 0 Å². The molecule has 0 spiro atoms. The highest BCUT2D eigenvalue weighted by Gasteiger charge is 2.21. The Hall–Kier alpha value is -0.0800. The summed E-state index contributed by atoms with van der Waals surface area (Å²) in [7, 11) is 0. The predicted octanol–water partition coefficient (Wildman–Crippen LogP) is 1.41. The Morgan fingerprint density at radius 3 is 2.89 bits per heavy atom. The van der Waals surface area contributed by atoms with E-state index in [4.69, 9.17) is 9.47 Å². The summed E-state index contributed by atoms with van der Waals surface area (Å²) in [6.45, 7) is 5.80. The molecule has 0 aromatic heterocycles. The molecule has 2 atom stereocenters. The third kappa shape index (κ3) is 1.95. The predicted molar refractivity (Wildman–Crippen MR) is 35.1 cm³/mol. The second-order valence-corrected chi connectivity index (χ2v) is 2.56. The van der Waals surface area contributed by atoms with Crippen molar-refractivity contribution in [2.45, 2.75) is 26.6 Å². The first-order chi connectivity index (χ1) is 4.33. The summed E-state index contributed by atoms with van der Waals surface area (Å²) in [5.74, 6) is 0.682. The fourth-order valence-electron chi connectivity index (χ4n) is 1.04. The average molecular weight is 130 g/mol. The summed E-state index contributed by atoms with van der Waals surface area (Å²) in [6, 6.07) is 0. The Balaban J connectivity index is 2.14. The summed E-state index contributed by atoms with van der Waals surface area (Å²) in [5.41, 5.74) is 0. The monoisotopic (exact) mass is 130 g/mol. The Morgan fingerprint density at radius 1 is 1.67 bits per heavy atom. The first-order valence-electron chi connectivity index (χ1n) is 3.56. The van der Waals surface area contributed by atoms with E-state index in [1.807, 2.05) is 6.92 Å². The van der Waals surface area contributed by atoms with Gasteiger partial charge in [0.05, 0.1) is 6.61 Å². The van der Waals surface area contributed by atoms with Crippen molar-refractivity contribution in [3.05, 3.63) is 0 Å². The van der Waals surface area contributed by atoms with Crippen LogP contribution in [0.15, 0.2) is 0 Å². The van der Waals surface area contributed by atoms with Crippen LogP contribution in [0.4, 0.5) is 0 Å². The highest BCUT2D eigenvalue weighted by molar-refractivity contribution is 4.62. The van der Waals surface area contributed by atoms with E-state index in [-0.39, 0.29) is 6.29 Å². The minimum Gasteiger partial charge on any atom is -0.353 e. The molecule has 0 radical (unpaired) electrons. The summed E-state index contributed by atoms with van der Waals surface area (Å²) in [4.78, 5) is 0. The van der Waals surface area contributed by atoms with Crippen LogP contribution in [0.25, 0.3) is 0 Å². The van der Waals surface area contributed by atoms with E-state index in [2.05, 4.69) is 6.92 Å². The molecule has 54 valence electrons. The van der Waals surface area contributed by atoms with Crippen molar-refractivity contribution >= 4 is 0 Å². The Bertz CT molecular complexity index is 81.0. The lowest BCUT2D eigenvalue weighted by Crippen LogP contribution is -2.09. The second kappa shape index (κ2) is 3.18. The van der Waals surface area contributed by atoms with Crippen LogP contribution in [0.3, 0.4) is 0 Å². The maximum absolute atomic E-state index is 5.28. The van der Waals surface area contributed by atoms with Crippen molar-refractivity contribution in [2.75, 3.05) is 13.2 Å². The van der Waals surface area contributed by atoms with Gasteiger partial charge in [0.1, 0.15) is 0 Å². The normalized spacial score (nSPS) is 35.3. The molecule has 2 heteroatoms. The van der Waals surface area contributed by atoms with Gasteiger partial charge in [-0.05, 0) is 12.8 Å². The molecule has 0 bridgehead atoms. The largest absolute Gasteiger partial charge is 0.353 e. The van der Waals surface area contributed by atoms with Crippen molar-refractivity contribution in [3.63, 3.8) is 0 Å². The lowest BCUT2D eigenvalue weighted by molar-refractivity contribution is -0.106. The molecule has 0 N–H and O–H groups in total. The third-order valence-electron chi connectivity index (χ3n) is 1.51. The first-order valence-corrected chi connectivity index (χ1v) is 3.56. The van der Waals surface area contributed by atoms with Crippen molar-refractivity contribution in [2.24, 2.45) is 5.92 Å². The molecule has 1 rings (SSSR count). The highest BCUT2D eigenvalue weighted by Crippen LogP contribution is 2.18. The molecule has 0 aromatic carbocycles. The van der Waals surface area contributed by atoms with Crippen LogP contribution in [0.5, 0.6) is 0 Å². The van der Waals surface area contributed by atoms with Gasteiger partial charge < -0.3 is 9.47 Å². The van der Waals surface area contributed by atoms with Crippen LogP contribution in [0.2, 0.25) is 0 Å². The first kappa shape index (κ1) is 7.03. The summed E-state index contributed by atoms with van der Waals surface area (Å²) < 4.78 is 10.5. The van der Waals surface area contributed by atoms with E-state index in [1.54, 1.807) is 0 Å². The number of hydrogen-bond donors (Lipinski definition) is 0. The maximum atomic E-state index is 5.28. The Morgan fingerprint density at radius 2 is 2.44 bits per heavy atom. The fraction of sp³-hybridized carbons (Fsp3) is 1.00. The smallest absolute Gasteiger partial charge is 0.157 e. The molecule has 0 aromatic rings. The van der Waals surface area contributed by atoms with Crippen LogP contribution in [0.1, 0.15) is 20.3 Å². The quantitative estimate of drug-likeness (QED) is 0.562. The van der Waals surface area contributed by atoms with Crippen molar-refractivity contribution in [1.82, 2.24) is 0 Å². The summed E-state index contributed by atoms with van der Waals surface area (Å²) >= 11 is 0. The minimum atomic E-state index is 0.0880. The zero-order chi connectivity index (χ0) is 6.69. The SMILES string of the molecule is CCOC1CC(C)CO1. The van der Waals surface area contributed by atoms with Crippen LogP contribution in [-0.2, 0) is 9.47 Å².